The Morgan fingerprint density at radius 2 is 0.535 bits per heavy atom. The minimum Gasteiger partial charge on any atom is -0.481 e. The first-order valence-electron chi connectivity index (χ1n) is 24.9. The van der Waals surface area contributed by atoms with Crippen LogP contribution < -0.4 is 18.9 Å². The van der Waals surface area contributed by atoms with Crippen molar-refractivity contribution in [1.82, 2.24) is 0 Å². The van der Waals surface area contributed by atoms with E-state index in [1.165, 1.54) is 7.11 Å². The van der Waals surface area contributed by atoms with Gasteiger partial charge in [-0.1, -0.05) is 132 Å². The van der Waals surface area contributed by atoms with E-state index in [2.05, 4.69) is 132 Å². The van der Waals surface area contributed by atoms with Crippen LogP contribution in [-0.4, -0.2) is 77.2 Å². The number of carbonyl (C=O) groups is 4. The molecule has 386 valence electrons. The highest BCUT2D eigenvalue weighted by Crippen LogP contribution is 2.44. The quantitative estimate of drug-likeness (QED) is 0.0728. The molecule has 0 heterocycles. The molecule has 0 radical (unpaired) electrons. The average Bonchev–Trinajstić information content (AvgIpc) is 3.26. The van der Waals surface area contributed by atoms with Gasteiger partial charge in [0, 0.05) is 25.7 Å². The number of hydrogen-bond donors (Lipinski definition) is 0. The summed E-state index contributed by atoms with van der Waals surface area (Å²) in [6.45, 7) is 30.2. The predicted octanol–water partition coefficient (Wildman–Crippen LogP) is 10.9. The first-order valence-corrected chi connectivity index (χ1v) is 24.9. The van der Waals surface area contributed by atoms with Crippen LogP contribution in [0.15, 0.2) is 48.5 Å². The molecule has 0 saturated heterocycles. The SMILES string of the molecule is CCOC(=O)COc1c2cc(C(C)(C)C)cc1Cc1cc(C(C)(C)C)cc(c1OCC(=O)OCC)Cc1cc(C(C)(C)C)cc(c1OCC(=O)OCC)Cc1cc(C(C)(C)C)cc(c1OCC(=O)OC)C2. The first-order chi connectivity index (χ1) is 33.2. The Kier molecular flexibility index (Phi) is 18.1. The largest absolute Gasteiger partial charge is 0.481 e. The summed E-state index contributed by atoms with van der Waals surface area (Å²) in [4.78, 5) is 52.5. The summed E-state index contributed by atoms with van der Waals surface area (Å²) < 4.78 is 47.9. The second kappa shape index (κ2) is 23.0. The third-order valence-electron chi connectivity index (χ3n) is 12.4. The van der Waals surface area contributed by atoms with Crippen LogP contribution in [0.2, 0.25) is 0 Å². The zero-order chi connectivity index (χ0) is 52.6. The first kappa shape index (κ1) is 55.9. The monoisotopic (exact) mass is 979 g/mol. The second-order valence-electron chi connectivity index (χ2n) is 22.3. The van der Waals surface area contributed by atoms with Gasteiger partial charge in [0.2, 0.25) is 0 Å². The lowest BCUT2D eigenvalue weighted by atomic mass is 9.79. The van der Waals surface area contributed by atoms with E-state index < -0.39 is 23.9 Å². The van der Waals surface area contributed by atoms with Gasteiger partial charge in [0.15, 0.2) is 26.4 Å². The fourth-order valence-electron chi connectivity index (χ4n) is 8.55. The van der Waals surface area contributed by atoms with E-state index in [-0.39, 0.29) is 93.6 Å². The highest BCUT2D eigenvalue weighted by Gasteiger charge is 2.30. The molecule has 71 heavy (non-hydrogen) atoms. The Labute approximate surface area is 422 Å². The van der Waals surface area contributed by atoms with Crippen LogP contribution >= 0.6 is 0 Å². The Bertz CT molecular complexity index is 2440. The van der Waals surface area contributed by atoms with E-state index in [9.17, 15) is 19.2 Å². The number of fused-ring (bicyclic) bond motifs is 8. The number of ether oxygens (including phenoxy) is 8. The van der Waals surface area contributed by atoms with E-state index in [0.29, 0.717) is 23.0 Å². The lowest BCUT2D eigenvalue weighted by molar-refractivity contribution is -0.146. The van der Waals surface area contributed by atoms with Gasteiger partial charge in [-0.25, -0.2) is 19.2 Å². The third kappa shape index (κ3) is 14.8. The summed E-state index contributed by atoms with van der Waals surface area (Å²) >= 11 is 0. The fourth-order valence-corrected chi connectivity index (χ4v) is 8.55. The summed E-state index contributed by atoms with van der Waals surface area (Å²) in [6.07, 6.45) is 1.06. The Balaban J connectivity index is 2.04. The number of methoxy groups -OCH3 is 1. The van der Waals surface area contributed by atoms with E-state index in [1.54, 1.807) is 20.8 Å². The molecule has 8 bridgehead atoms. The second-order valence-corrected chi connectivity index (χ2v) is 22.3. The van der Waals surface area contributed by atoms with Crippen molar-refractivity contribution >= 4 is 23.9 Å². The molecule has 0 atom stereocenters. The number of hydrogen-bond acceptors (Lipinski definition) is 12. The van der Waals surface area contributed by atoms with Crippen LogP contribution in [0.3, 0.4) is 0 Å². The highest BCUT2D eigenvalue weighted by atomic mass is 16.6. The van der Waals surface area contributed by atoms with Gasteiger partial charge in [0.1, 0.15) is 23.0 Å². The van der Waals surface area contributed by atoms with Gasteiger partial charge in [-0.2, -0.15) is 0 Å². The van der Waals surface area contributed by atoms with Gasteiger partial charge in [-0.15, -0.1) is 0 Å². The van der Waals surface area contributed by atoms with Gasteiger partial charge in [0.05, 0.1) is 26.9 Å². The van der Waals surface area contributed by atoms with E-state index in [0.717, 1.165) is 66.8 Å². The fraction of sp³-hybridized carbons (Fsp3) is 0.525. The van der Waals surface area contributed by atoms with Gasteiger partial charge in [-0.3, -0.25) is 0 Å². The summed E-state index contributed by atoms with van der Waals surface area (Å²) in [7, 11) is 1.33. The van der Waals surface area contributed by atoms with Crippen molar-refractivity contribution in [2.45, 2.75) is 151 Å². The van der Waals surface area contributed by atoms with E-state index in [4.69, 9.17) is 37.9 Å². The zero-order valence-electron chi connectivity index (χ0n) is 45.3. The lowest BCUT2D eigenvalue weighted by Gasteiger charge is -2.29. The molecule has 0 aliphatic heterocycles. The Hall–Kier alpha value is -6.04. The minimum atomic E-state index is -0.549. The zero-order valence-corrected chi connectivity index (χ0v) is 45.3. The summed E-state index contributed by atoms with van der Waals surface area (Å²) in [6, 6.07) is 17.0. The maximum Gasteiger partial charge on any atom is 0.344 e. The van der Waals surface area contributed by atoms with E-state index >= 15 is 0 Å². The van der Waals surface area contributed by atoms with Crippen molar-refractivity contribution in [3.8, 4) is 23.0 Å². The maximum atomic E-state index is 13.2. The third-order valence-corrected chi connectivity index (χ3v) is 12.4. The molecule has 4 aromatic carbocycles. The Morgan fingerprint density at radius 1 is 0.352 bits per heavy atom. The molecule has 1 aliphatic rings. The lowest BCUT2D eigenvalue weighted by Crippen LogP contribution is -2.21. The van der Waals surface area contributed by atoms with Crippen molar-refractivity contribution in [3.05, 3.63) is 115 Å². The smallest absolute Gasteiger partial charge is 0.344 e. The average molecular weight is 979 g/mol. The van der Waals surface area contributed by atoms with Gasteiger partial charge in [-0.05, 0) is 109 Å². The molecule has 0 amide bonds. The van der Waals surface area contributed by atoms with Gasteiger partial charge >= 0.3 is 23.9 Å². The maximum absolute atomic E-state index is 13.2. The van der Waals surface area contributed by atoms with Crippen molar-refractivity contribution in [3.63, 3.8) is 0 Å². The molecule has 0 N–H and O–H groups in total. The number of esters is 4. The molecule has 12 nitrogen and oxygen atoms in total. The van der Waals surface area contributed by atoms with Gasteiger partial charge in [0.25, 0.3) is 0 Å². The molecular formula is C59H78O12. The molecule has 1 aliphatic carbocycles. The molecule has 5 rings (SSSR count). The summed E-state index contributed by atoms with van der Waals surface area (Å²) in [5, 5.41) is 0. The van der Waals surface area contributed by atoms with Crippen LogP contribution in [-0.2, 0) is 85.5 Å². The number of benzene rings is 4. The van der Waals surface area contributed by atoms with Crippen LogP contribution in [0.5, 0.6) is 23.0 Å². The normalized spacial score (nSPS) is 12.9. The summed E-state index contributed by atoms with van der Waals surface area (Å²) in [5.74, 6) is -0.124. The molecule has 0 aromatic heterocycles. The molecule has 4 aromatic rings. The van der Waals surface area contributed by atoms with Crippen LogP contribution in [0, 0.1) is 0 Å². The van der Waals surface area contributed by atoms with Gasteiger partial charge < -0.3 is 37.9 Å². The topological polar surface area (TPSA) is 142 Å². The van der Waals surface area contributed by atoms with Crippen molar-refractivity contribution < 1.29 is 57.1 Å². The molecular weight excluding hydrogens is 901 g/mol. The standard InChI is InChI=1S/C59H78O12/c1-17-65-49(61)33-69-53-38-20-36-24-44(56(4,5)6)25-37(52(36)68-32-48(60)64-16)21-39-27-46(58(10,11)12)29-41(54(39)70-34-50(62)66-18-2)23-43-31-47(59(13,14)15)30-42(55(43)71-35-51(63)67-19-3)22-40(53)28-45(26-38)57(7,8)9/h24-31H,17-23,32-35H2,1-16H3. The predicted molar refractivity (Wildman–Crippen MR) is 276 cm³/mol. The van der Waals surface area contributed by atoms with Crippen molar-refractivity contribution in [1.29, 1.82) is 0 Å². The van der Waals surface area contributed by atoms with Crippen LogP contribution in [0.25, 0.3) is 0 Å². The van der Waals surface area contributed by atoms with E-state index in [1.807, 2.05) is 0 Å². The summed E-state index contributed by atoms with van der Waals surface area (Å²) in [5.41, 5.74) is 8.92. The molecule has 0 fully saturated rings. The molecule has 0 saturated carbocycles. The van der Waals surface area contributed by atoms with Crippen LogP contribution in [0.1, 0.15) is 171 Å². The Morgan fingerprint density at radius 3 is 0.690 bits per heavy atom. The van der Waals surface area contributed by atoms with Crippen molar-refractivity contribution in [2.24, 2.45) is 0 Å². The molecule has 0 spiro atoms. The highest BCUT2D eigenvalue weighted by molar-refractivity contribution is 5.73. The van der Waals surface area contributed by atoms with Crippen molar-refractivity contribution in [2.75, 3.05) is 53.4 Å². The minimum absolute atomic E-state index is 0.187. The molecule has 0 unspecified atom stereocenters. The van der Waals surface area contributed by atoms with Crippen LogP contribution in [0.4, 0.5) is 0 Å². The molecule has 12 heteroatoms. The number of rotatable bonds is 15. The number of carbonyl (C=O) groups excluding carboxylic acids is 4.